The van der Waals surface area contributed by atoms with Crippen molar-refractivity contribution in [1.82, 2.24) is 0 Å². The van der Waals surface area contributed by atoms with Crippen molar-refractivity contribution < 1.29 is 28.6 Å². The van der Waals surface area contributed by atoms with E-state index in [1.807, 2.05) is 30.3 Å². The van der Waals surface area contributed by atoms with Gasteiger partial charge in [-0.25, -0.2) is 4.79 Å². The van der Waals surface area contributed by atoms with Gasteiger partial charge in [0.05, 0.1) is 24.7 Å². The molecule has 0 amide bonds. The molecule has 0 fully saturated rings. The van der Waals surface area contributed by atoms with E-state index in [1.165, 1.54) is 7.11 Å². The minimum absolute atomic E-state index is 0.166. The first-order valence-corrected chi connectivity index (χ1v) is 10.1. The number of esters is 2. The second-order valence-corrected chi connectivity index (χ2v) is 7.55. The van der Waals surface area contributed by atoms with Crippen molar-refractivity contribution in [3.05, 3.63) is 100 Å². The fourth-order valence-electron chi connectivity index (χ4n) is 4.06. The van der Waals surface area contributed by atoms with Crippen LogP contribution in [-0.2, 0) is 9.53 Å². The highest BCUT2D eigenvalue weighted by Crippen LogP contribution is 2.48. The monoisotopic (exact) mass is 426 g/mol. The molecule has 6 nitrogen and oxygen atoms in total. The lowest BCUT2D eigenvalue weighted by molar-refractivity contribution is -0.135. The molecule has 3 aromatic carbocycles. The van der Waals surface area contributed by atoms with E-state index in [9.17, 15) is 14.4 Å². The van der Waals surface area contributed by atoms with Crippen LogP contribution in [0.15, 0.2) is 72.5 Å². The van der Waals surface area contributed by atoms with Gasteiger partial charge in [-0.3, -0.25) is 9.59 Å². The van der Waals surface area contributed by atoms with Gasteiger partial charge in [-0.05, 0) is 41.5 Å². The first kappa shape index (κ1) is 19.8. The Morgan fingerprint density at radius 3 is 2.44 bits per heavy atom. The van der Waals surface area contributed by atoms with E-state index in [0.717, 1.165) is 5.56 Å². The third kappa shape index (κ3) is 3.36. The van der Waals surface area contributed by atoms with Gasteiger partial charge >= 0.3 is 11.9 Å². The summed E-state index contributed by atoms with van der Waals surface area (Å²) in [5.74, 6) is -0.271. The Morgan fingerprint density at radius 1 is 0.969 bits per heavy atom. The highest BCUT2D eigenvalue weighted by Gasteiger charge is 2.38. The normalized spacial score (nSPS) is 17.9. The Bertz CT molecular complexity index is 1270. The molecule has 1 unspecified atom stereocenters. The van der Waals surface area contributed by atoms with E-state index in [2.05, 4.69) is 0 Å². The fourth-order valence-corrected chi connectivity index (χ4v) is 4.06. The molecule has 32 heavy (non-hydrogen) atoms. The van der Waals surface area contributed by atoms with E-state index in [4.69, 9.17) is 14.2 Å². The lowest BCUT2D eigenvalue weighted by atomic mass is 9.85. The largest absolute Gasteiger partial charge is 0.465 e. The zero-order valence-corrected chi connectivity index (χ0v) is 17.2. The highest BCUT2D eigenvalue weighted by atomic mass is 16.5. The van der Waals surface area contributed by atoms with Crippen molar-refractivity contribution in [2.75, 3.05) is 7.11 Å². The number of carbonyl (C=O) groups is 3. The summed E-state index contributed by atoms with van der Waals surface area (Å²) in [6, 6.07) is 19.6. The van der Waals surface area contributed by atoms with Crippen LogP contribution < -0.4 is 9.47 Å². The van der Waals surface area contributed by atoms with Crippen LogP contribution in [0.1, 0.15) is 49.7 Å². The predicted octanol–water partition coefficient (Wildman–Crippen LogP) is 4.53. The van der Waals surface area contributed by atoms with Crippen LogP contribution >= 0.6 is 0 Å². The van der Waals surface area contributed by atoms with Gasteiger partial charge in [0.1, 0.15) is 11.5 Å². The van der Waals surface area contributed by atoms with Crippen molar-refractivity contribution in [1.29, 1.82) is 0 Å². The number of hydrogen-bond acceptors (Lipinski definition) is 6. The summed E-state index contributed by atoms with van der Waals surface area (Å²) in [6.45, 7) is 0. The topological polar surface area (TPSA) is 78.9 Å². The van der Waals surface area contributed by atoms with E-state index < -0.39 is 5.97 Å². The lowest BCUT2D eigenvalue weighted by Gasteiger charge is -2.26. The van der Waals surface area contributed by atoms with Crippen LogP contribution in [0.25, 0.3) is 6.08 Å². The summed E-state index contributed by atoms with van der Waals surface area (Å²) in [7, 11) is 1.32. The summed E-state index contributed by atoms with van der Waals surface area (Å²) in [4.78, 5) is 36.9. The molecule has 0 N–H and O–H groups in total. The molecular weight excluding hydrogens is 408 g/mol. The Balaban J connectivity index is 1.54. The Morgan fingerprint density at radius 2 is 1.72 bits per heavy atom. The summed E-state index contributed by atoms with van der Waals surface area (Å²) in [6.07, 6.45) is 1.79. The average molecular weight is 426 g/mol. The van der Waals surface area contributed by atoms with Crippen LogP contribution in [0.4, 0.5) is 0 Å². The lowest BCUT2D eigenvalue weighted by Crippen LogP contribution is -2.21. The number of fused-ring (bicyclic) bond motifs is 3. The van der Waals surface area contributed by atoms with Gasteiger partial charge in [0, 0.05) is 11.5 Å². The number of hydrogen-bond donors (Lipinski definition) is 0. The van der Waals surface area contributed by atoms with Crippen LogP contribution in [-0.4, -0.2) is 24.8 Å². The van der Waals surface area contributed by atoms with Crippen molar-refractivity contribution in [2.45, 2.75) is 12.3 Å². The van der Waals surface area contributed by atoms with E-state index in [0.29, 0.717) is 33.8 Å². The third-order valence-electron chi connectivity index (χ3n) is 5.61. The molecule has 0 saturated heterocycles. The van der Waals surface area contributed by atoms with Gasteiger partial charge in [-0.2, -0.15) is 0 Å². The van der Waals surface area contributed by atoms with Crippen LogP contribution in [0.3, 0.4) is 0 Å². The standard InChI is InChI=1S/C26H18O6/c1-30-26(29)17-9-7-15(8-10-17)13-21-24(28)18-11-12-20-23(25(18)32-21)19(14-22(27)31-20)16-5-3-2-4-6-16/h2-13,19H,14H2,1H3. The molecule has 0 radical (unpaired) electrons. The molecule has 0 bridgehead atoms. The molecule has 0 aliphatic carbocycles. The molecule has 2 heterocycles. The molecule has 0 spiro atoms. The van der Waals surface area contributed by atoms with Gasteiger partial charge in [-0.1, -0.05) is 42.5 Å². The van der Waals surface area contributed by atoms with Crippen LogP contribution in [0.5, 0.6) is 11.5 Å². The Labute approximate surface area is 184 Å². The van der Waals surface area contributed by atoms with Crippen molar-refractivity contribution >= 4 is 23.8 Å². The maximum atomic E-state index is 13.0. The molecule has 158 valence electrons. The number of allylic oxidation sites excluding steroid dienone is 1. The number of methoxy groups -OCH3 is 1. The summed E-state index contributed by atoms with van der Waals surface area (Å²) < 4.78 is 16.2. The number of Topliss-reactive ketones (excluding diaryl/α,β-unsaturated/α-hetero) is 1. The first-order valence-electron chi connectivity index (χ1n) is 10.1. The average Bonchev–Trinajstić information content (AvgIpc) is 3.14. The van der Waals surface area contributed by atoms with Gasteiger partial charge in [0.15, 0.2) is 5.76 Å². The smallest absolute Gasteiger partial charge is 0.337 e. The van der Waals surface area contributed by atoms with Crippen LogP contribution in [0.2, 0.25) is 0 Å². The van der Waals surface area contributed by atoms with Crippen molar-refractivity contribution in [3.8, 4) is 11.5 Å². The molecular formula is C26H18O6. The number of benzene rings is 3. The molecule has 2 aliphatic rings. The SMILES string of the molecule is COC(=O)c1ccc(C=C2Oc3c(ccc4c3C(c3ccccc3)CC(=O)O4)C2=O)cc1. The number of rotatable bonds is 3. The minimum atomic E-state index is -0.432. The third-order valence-corrected chi connectivity index (χ3v) is 5.61. The summed E-state index contributed by atoms with van der Waals surface area (Å²) in [5.41, 5.74) is 3.20. The molecule has 3 aromatic rings. The predicted molar refractivity (Wildman–Crippen MR) is 116 cm³/mol. The molecule has 1 atom stereocenters. The maximum Gasteiger partial charge on any atom is 0.337 e. The molecule has 0 saturated carbocycles. The van der Waals surface area contributed by atoms with E-state index >= 15 is 0 Å². The summed E-state index contributed by atoms with van der Waals surface area (Å²) >= 11 is 0. The molecule has 5 rings (SSSR count). The zero-order valence-electron chi connectivity index (χ0n) is 17.2. The number of ether oxygens (including phenoxy) is 3. The zero-order chi connectivity index (χ0) is 22.2. The minimum Gasteiger partial charge on any atom is -0.465 e. The summed E-state index contributed by atoms with van der Waals surface area (Å²) in [5, 5.41) is 0. The fraction of sp³-hybridized carbons (Fsp3) is 0.115. The molecule has 2 aliphatic heterocycles. The molecule has 0 aromatic heterocycles. The van der Waals surface area contributed by atoms with Gasteiger partial charge in [0.25, 0.3) is 0 Å². The first-order chi connectivity index (χ1) is 15.5. The van der Waals surface area contributed by atoms with Gasteiger partial charge in [-0.15, -0.1) is 0 Å². The maximum absolute atomic E-state index is 13.0. The Kier molecular flexibility index (Phi) is 4.82. The number of ketones is 1. The second kappa shape index (κ2) is 7.81. The number of carbonyl (C=O) groups excluding carboxylic acids is 3. The Hall–Kier alpha value is -4.19. The van der Waals surface area contributed by atoms with Crippen LogP contribution in [0, 0.1) is 0 Å². The second-order valence-electron chi connectivity index (χ2n) is 7.55. The molecule has 6 heteroatoms. The van der Waals surface area contributed by atoms with Gasteiger partial charge in [0.2, 0.25) is 5.78 Å². The van der Waals surface area contributed by atoms with Gasteiger partial charge < -0.3 is 14.2 Å². The van der Waals surface area contributed by atoms with Crippen molar-refractivity contribution in [3.63, 3.8) is 0 Å². The quantitative estimate of drug-likeness (QED) is 0.348. The van der Waals surface area contributed by atoms with Crippen molar-refractivity contribution in [2.24, 2.45) is 0 Å². The van der Waals surface area contributed by atoms with E-state index in [1.54, 1.807) is 42.5 Å². The van der Waals surface area contributed by atoms with E-state index in [-0.39, 0.29) is 29.9 Å². The highest BCUT2D eigenvalue weighted by molar-refractivity contribution is 6.15.